The molecule has 18 heavy (non-hydrogen) atoms. The zero-order chi connectivity index (χ0) is 13.1. The molecule has 2 aromatic rings. The van der Waals surface area contributed by atoms with Gasteiger partial charge >= 0.3 is 5.97 Å². The fourth-order valence-corrected chi connectivity index (χ4v) is 1.71. The van der Waals surface area contributed by atoms with Gasteiger partial charge < -0.3 is 15.4 Å². The van der Waals surface area contributed by atoms with E-state index in [4.69, 9.17) is 5.11 Å². The number of aromatic amines is 1. The Kier molecular flexibility index (Phi) is 3.27. The Hall–Kier alpha value is -2.37. The molecular formula is C12H11FN2O3. The molecule has 5 nitrogen and oxygen atoms in total. The van der Waals surface area contributed by atoms with Gasteiger partial charge in [0.25, 0.3) is 0 Å². The second-order valence-electron chi connectivity index (χ2n) is 3.85. The van der Waals surface area contributed by atoms with Gasteiger partial charge in [0.2, 0.25) is 5.91 Å². The van der Waals surface area contributed by atoms with E-state index in [1.54, 1.807) is 12.3 Å². The first-order valence-corrected chi connectivity index (χ1v) is 5.30. The van der Waals surface area contributed by atoms with Crippen molar-refractivity contribution in [3.8, 4) is 0 Å². The Morgan fingerprint density at radius 2 is 2.17 bits per heavy atom. The molecular weight excluding hydrogens is 239 g/mol. The number of aromatic nitrogens is 1. The number of carbonyl (C=O) groups is 2. The van der Waals surface area contributed by atoms with Gasteiger partial charge in [-0.05, 0) is 23.8 Å². The molecule has 0 atom stereocenters. The number of H-pyrrole nitrogens is 1. The van der Waals surface area contributed by atoms with Crippen molar-refractivity contribution in [1.29, 1.82) is 0 Å². The monoisotopic (exact) mass is 250 g/mol. The summed E-state index contributed by atoms with van der Waals surface area (Å²) < 4.78 is 13.0. The number of amides is 1. The van der Waals surface area contributed by atoms with E-state index >= 15 is 0 Å². The molecule has 0 radical (unpaired) electrons. The summed E-state index contributed by atoms with van der Waals surface area (Å²) in [5.74, 6) is -1.83. The fourth-order valence-electron chi connectivity index (χ4n) is 1.71. The molecule has 0 spiro atoms. The number of fused-ring (bicyclic) bond motifs is 1. The number of carboxylic acids is 1. The second kappa shape index (κ2) is 4.87. The van der Waals surface area contributed by atoms with Crippen molar-refractivity contribution >= 4 is 22.8 Å². The number of hydrogen-bond donors (Lipinski definition) is 3. The van der Waals surface area contributed by atoms with Crippen LogP contribution in [0.3, 0.4) is 0 Å². The van der Waals surface area contributed by atoms with E-state index in [-0.39, 0.29) is 18.1 Å². The quantitative estimate of drug-likeness (QED) is 0.758. The lowest BCUT2D eigenvalue weighted by Crippen LogP contribution is -2.30. The first kappa shape index (κ1) is 12.1. The highest BCUT2D eigenvalue weighted by Gasteiger charge is 2.10. The van der Waals surface area contributed by atoms with E-state index in [0.717, 1.165) is 5.39 Å². The Morgan fingerprint density at radius 1 is 1.39 bits per heavy atom. The lowest BCUT2D eigenvalue weighted by atomic mass is 10.1. The van der Waals surface area contributed by atoms with Gasteiger partial charge in [-0.2, -0.15) is 0 Å². The van der Waals surface area contributed by atoms with Crippen LogP contribution in [0.1, 0.15) is 5.56 Å². The largest absolute Gasteiger partial charge is 0.480 e. The Bertz CT molecular complexity index is 606. The van der Waals surface area contributed by atoms with Crippen LogP contribution in [0.15, 0.2) is 24.4 Å². The molecule has 0 fully saturated rings. The van der Waals surface area contributed by atoms with Gasteiger partial charge in [-0.1, -0.05) is 0 Å². The summed E-state index contributed by atoms with van der Waals surface area (Å²) >= 11 is 0. The first-order valence-electron chi connectivity index (χ1n) is 5.30. The van der Waals surface area contributed by atoms with Gasteiger partial charge in [-0.15, -0.1) is 0 Å². The minimum absolute atomic E-state index is 0.0545. The van der Waals surface area contributed by atoms with E-state index < -0.39 is 12.5 Å². The maximum atomic E-state index is 13.0. The fraction of sp³-hybridized carbons (Fsp3) is 0.167. The predicted molar refractivity (Wildman–Crippen MR) is 62.6 cm³/mol. The molecule has 3 N–H and O–H groups in total. The Morgan fingerprint density at radius 3 is 2.89 bits per heavy atom. The normalized spacial score (nSPS) is 10.5. The van der Waals surface area contributed by atoms with Crippen LogP contribution in [-0.4, -0.2) is 28.5 Å². The minimum atomic E-state index is -1.09. The zero-order valence-electron chi connectivity index (χ0n) is 9.37. The highest BCUT2D eigenvalue weighted by atomic mass is 19.1. The summed E-state index contributed by atoms with van der Waals surface area (Å²) in [6.45, 7) is -0.407. The van der Waals surface area contributed by atoms with Crippen molar-refractivity contribution in [3.05, 3.63) is 35.8 Å². The molecule has 0 unspecified atom stereocenters. The molecule has 0 saturated heterocycles. The molecule has 1 aromatic heterocycles. The van der Waals surface area contributed by atoms with Crippen LogP contribution in [0.2, 0.25) is 0 Å². The van der Waals surface area contributed by atoms with Gasteiger partial charge in [0.15, 0.2) is 0 Å². The maximum absolute atomic E-state index is 13.0. The average molecular weight is 250 g/mol. The molecule has 0 bridgehead atoms. The Labute approximate surface area is 102 Å². The molecule has 0 aliphatic heterocycles. The van der Waals surface area contributed by atoms with Gasteiger partial charge in [-0.25, -0.2) is 4.39 Å². The highest BCUT2D eigenvalue weighted by molar-refractivity contribution is 5.89. The van der Waals surface area contributed by atoms with Gasteiger partial charge in [-0.3, -0.25) is 9.59 Å². The van der Waals surface area contributed by atoms with Crippen LogP contribution in [0.5, 0.6) is 0 Å². The number of hydrogen-bond acceptors (Lipinski definition) is 2. The van der Waals surface area contributed by atoms with Crippen LogP contribution in [0.4, 0.5) is 4.39 Å². The van der Waals surface area contributed by atoms with E-state index in [0.29, 0.717) is 11.1 Å². The van der Waals surface area contributed by atoms with Crippen LogP contribution < -0.4 is 5.32 Å². The van der Waals surface area contributed by atoms with Gasteiger partial charge in [0, 0.05) is 17.1 Å². The molecule has 1 heterocycles. The predicted octanol–water partition coefficient (Wildman–Crippen LogP) is 1.05. The zero-order valence-corrected chi connectivity index (χ0v) is 9.37. The molecule has 1 aromatic carbocycles. The Balaban J connectivity index is 2.12. The number of benzene rings is 1. The lowest BCUT2D eigenvalue weighted by molar-refractivity contribution is -0.137. The third-order valence-corrected chi connectivity index (χ3v) is 2.52. The van der Waals surface area contributed by atoms with Crippen molar-refractivity contribution < 1.29 is 19.1 Å². The van der Waals surface area contributed by atoms with Gasteiger partial charge in [0.05, 0.1) is 6.42 Å². The van der Waals surface area contributed by atoms with Crippen LogP contribution in [-0.2, 0) is 16.0 Å². The van der Waals surface area contributed by atoms with Crippen molar-refractivity contribution in [2.75, 3.05) is 6.54 Å². The third kappa shape index (κ3) is 2.65. The molecule has 6 heteroatoms. The maximum Gasteiger partial charge on any atom is 0.322 e. The molecule has 0 saturated carbocycles. The van der Waals surface area contributed by atoms with Crippen LogP contribution in [0.25, 0.3) is 10.9 Å². The van der Waals surface area contributed by atoms with E-state index in [2.05, 4.69) is 10.3 Å². The summed E-state index contributed by atoms with van der Waals surface area (Å²) in [4.78, 5) is 24.6. The van der Waals surface area contributed by atoms with Crippen molar-refractivity contribution in [2.45, 2.75) is 6.42 Å². The lowest BCUT2D eigenvalue weighted by Gasteiger charge is -2.01. The van der Waals surface area contributed by atoms with E-state index in [1.165, 1.54) is 12.1 Å². The molecule has 94 valence electrons. The number of nitrogens with one attached hydrogen (secondary N) is 2. The molecule has 0 aliphatic carbocycles. The number of carbonyl (C=O) groups excluding carboxylic acids is 1. The SMILES string of the molecule is O=C(O)CNC(=O)Cc1c[nH]c2cc(F)ccc12. The van der Waals surface area contributed by atoms with Crippen molar-refractivity contribution in [3.63, 3.8) is 0 Å². The molecule has 0 aliphatic rings. The third-order valence-electron chi connectivity index (χ3n) is 2.52. The topological polar surface area (TPSA) is 82.2 Å². The summed E-state index contributed by atoms with van der Waals surface area (Å²) in [5.41, 5.74) is 1.31. The van der Waals surface area contributed by atoms with Gasteiger partial charge in [0.1, 0.15) is 12.4 Å². The summed E-state index contributed by atoms with van der Waals surface area (Å²) in [6.07, 6.45) is 1.67. The average Bonchev–Trinajstić information content (AvgIpc) is 2.69. The number of carboxylic acid groups (broad SMARTS) is 1. The second-order valence-corrected chi connectivity index (χ2v) is 3.85. The van der Waals surface area contributed by atoms with Crippen LogP contribution in [0, 0.1) is 5.82 Å². The van der Waals surface area contributed by atoms with Crippen molar-refractivity contribution in [1.82, 2.24) is 10.3 Å². The van der Waals surface area contributed by atoms with E-state index in [9.17, 15) is 14.0 Å². The van der Waals surface area contributed by atoms with Crippen molar-refractivity contribution in [2.24, 2.45) is 0 Å². The number of aliphatic carboxylic acids is 1. The summed E-state index contributed by atoms with van der Waals surface area (Å²) in [5, 5.41) is 11.4. The smallest absolute Gasteiger partial charge is 0.322 e. The highest BCUT2D eigenvalue weighted by Crippen LogP contribution is 2.19. The molecule has 1 amide bonds. The number of halogens is 1. The van der Waals surface area contributed by atoms with E-state index in [1.807, 2.05) is 0 Å². The minimum Gasteiger partial charge on any atom is -0.480 e. The number of rotatable bonds is 4. The van der Waals surface area contributed by atoms with Crippen LogP contribution >= 0.6 is 0 Å². The summed E-state index contributed by atoms with van der Waals surface area (Å²) in [6, 6.07) is 4.24. The first-order chi connectivity index (χ1) is 8.56. The summed E-state index contributed by atoms with van der Waals surface area (Å²) in [7, 11) is 0. The molecule has 2 rings (SSSR count). The standard InChI is InChI=1S/C12H11FN2O3/c13-8-1-2-9-7(5-14-10(9)4-8)3-11(16)15-6-12(17)18/h1-2,4-5,14H,3,6H2,(H,15,16)(H,17,18).